The molecular weight excluding hydrogens is 230 g/mol. The van der Waals surface area contributed by atoms with Gasteiger partial charge in [0.1, 0.15) is 6.20 Å². The van der Waals surface area contributed by atoms with Gasteiger partial charge in [0.15, 0.2) is 5.13 Å². The second kappa shape index (κ2) is 4.62. The average molecular weight is 237 g/mol. The molecule has 0 fully saturated rings. The highest BCUT2D eigenvalue weighted by Gasteiger charge is 2.10. The van der Waals surface area contributed by atoms with E-state index in [1.165, 1.54) is 6.20 Å². The Hall–Kier alpha value is -2.09. The summed E-state index contributed by atoms with van der Waals surface area (Å²) in [5.41, 5.74) is 0.750. The van der Waals surface area contributed by atoms with E-state index < -0.39 is 4.92 Å². The molecule has 0 unspecified atom stereocenters. The number of nitrogens with one attached hydrogen (secondary N) is 1. The molecule has 0 aliphatic carbocycles. The predicted octanol–water partition coefficient (Wildman–Crippen LogP) is 1.45. The molecule has 0 spiro atoms. The topological polar surface area (TPSA) is 93.8 Å². The number of rotatable bonds is 4. The lowest BCUT2D eigenvalue weighted by atomic mass is 10.4. The number of nitro groups is 1. The summed E-state index contributed by atoms with van der Waals surface area (Å²) < 4.78 is 0. The predicted molar refractivity (Wildman–Crippen MR) is 58.1 cm³/mol. The van der Waals surface area contributed by atoms with Crippen LogP contribution in [0.25, 0.3) is 0 Å². The summed E-state index contributed by atoms with van der Waals surface area (Å²) in [5, 5.41) is 21.4. The van der Waals surface area contributed by atoms with Crippen LogP contribution in [0.15, 0.2) is 24.5 Å². The molecule has 2 heterocycles. The number of aromatic nitrogens is 3. The summed E-state index contributed by atoms with van der Waals surface area (Å²) in [7, 11) is 0. The number of hydrogen-bond acceptors (Lipinski definition) is 7. The summed E-state index contributed by atoms with van der Waals surface area (Å²) in [6.45, 7) is 0.443. The molecule has 16 heavy (non-hydrogen) atoms. The van der Waals surface area contributed by atoms with E-state index in [-0.39, 0.29) is 5.00 Å². The largest absolute Gasteiger partial charge is 0.356 e. The molecule has 7 nitrogen and oxygen atoms in total. The molecule has 82 valence electrons. The fourth-order valence-corrected chi connectivity index (χ4v) is 1.65. The van der Waals surface area contributed by atoms with Crippen LogP contribution in [0.1, 0.15) is 5.69 Å². The van der Waals surface area contributed by atoms with Gasteiger partial charge in [0.2, 0.25) is 0 Å². The first-order chi connectivity index (χ1) is 7.75. The van der Waals surface area contributed by atoms with Crippen LogP contribution in [0.2, 0.25) is 0 Å². The van der Waals surface area contributed by atoms with Crippen molar-refractivity contribution in [2.75, 3.05) is 5.32 Å². The van der Waals surface area contributed by atoms with Gasteiger partial charge in [-0.25, -0.2) is 4.98 Å². The van der Waals surface area contributed by atoms with E-state index in [1.807, 2.05) is 6.07 Å². The van der Waals surface area contributed by atoms with Crippen LogP contribution in [0, 0.1) is 10.1 Å². The normalized spacial score (nSPS) is 10.0. The van der Waals surface area contributed by atoms with E-state index in [4.69, 9.17) is 0 Å². The fraction of sp³-hybridized carbons (Fsp3) is 0.125. The molecule has 2 aromatic rings. The van der Waals surface area contributed by atoms with Crippen LogP contribution in [-0.2, 0) is 6.54 Å². The molecule has 0 saturated carbocycles. The highest BCUT2D eigenvalue weighted by molar-refractivity contribution is 7.18. The summed E-state index contributed by atoms with van der Waals surface area (Å²) in [6, 6.07) is 3.58. The molecule has 0 aliphatic heterocycles. The third-order valence-electron chi connectivity index (χ3n) is 1.72. The van der Waals surface area contributed by atoms with Crippen LogP contribution in [0.5, 0.6) is 0 Å². The minimum Gasteiger partial charge on any atom is -0.356 e. The zero-order chi connectivity index (χ0) is 11.4. The van der Waals surface area contributed by atoms with Gasteiger partial charge in [-0.05, 0) is 23.5 Å². The van der Waals surface area contributed by atoms with Crippen LogP contribution in [0.3, 0.4) is 0 Å². The van der Waals surface area contributed by atoms with Gasteiger partial charge >= 0.3 is 5.00 Å². The number of nitrogens with zero attached hydrogens (tertiary/aromatic N) is 4. The van der Waals surface area contributed by atoms with Crippen molar-refractivity contribution < 1.29 is 4.92 Å². The Morgan fingerprint density at radius 3 is 3.06 bits per heavy atom. The van der Waals surface area contributed by atoms with Crippen molar-refractivity contribution in [2.24, 2.45) is 0 Å². The standard InChI is InChI=1S/C8H7N5O2S/c14-13(15)7-5-10-8(16-7)9-4-6-2-1-3-11-12-6/h1-3,5H,4H2,(H,9,10). The maximum absolute atomic E-state index is 10.4. The van der Waals surface area contributed by atoms with Crippen LogP contribution in [-0.4, -0.2) is 20.1 Å². The summed E-state index contributed by atoms with van der Waals surface area (Å²) in [5.74, 6) is 0. The van der Waals surface area contributed by atoms with Gasteiger partial charge in [0.05, 0.1) is 17.2 Å². The molecule has 0 atom stereocenters. The number of hydrogen-bond donors (Lipinski definition) is 1. The quantitative estimate of drug-likeness (QED) is 0.639. The van der Waals surface area contributed by atoms with Gasteiger partial charge in [-0.2, -0.15) is 10.2 Å². The van der Waals surface area contributed by atoms with Gasteiger partial charge in [0, 0.05) is 6.20 Å². The van der Waals surface area contributed by atoms with Gasteiger partial charge in [-0.3, -0.25) is 10.1 Å². The molecule has 8 heteroatoms. The van der Waals surface area contributed by atoms with E-state index in [0.717, 1.165) is 17.0 Å². The van der Waals surface area contributed by atoms with E-state index in [1.54, 1.807) is 12.3 Å². The Morgan fingerprint density at radius 1 is 1.56 bits per heavy atom. The molecule has 1 N–H and O–H groups in total. The summed E-state index contributed by atoms with van der Waals surface area (Å²) >= 11 is 0.991. The van der Waals surface area contributed by atoms with Gasteiger partial charge in [0.25, 0.3) is 0 Å². The molecule has 0 radical (unpaired) electrons. The SMILES string of the molecule is O=[N+]([O-])c1cnc(NCc2cccnn2)s1. The first-order valence-corrected chi connectivity index (χ1v) is 5.18. The van der Waals surface area contributed by atoms with Crippen molar-refractivity contribution >= 4 is 21.5 Å². The average Bonchev–Trinajstić information content (AvgIpc) is 2.76. The molecular formula is C8H7N5O2S. The van der Waals surface area contributed by atoms with Crippen molar-refractivity contribution in [1.82, 2.24) is 15.2 Å². The van der Waals surface area contributed by atoms with Crippen molar-refractivity contribution in [3.63, 3.8) is 0 Å². The molecule has 0 aliphatic rings. The lowest BCUT2D eigenvalue weighted by Crippen LogP contribution is -2.01. The second-order valence-electron chi connectivity index (χ2n) is 2.83. The second-order valence-corrected chi connectivity index (χ2v) is 3.84. The van der Waals surface area contributed by atoms with Crippen LogP contribution in [0.4, 0.5) is 10.1 Å². The smallest absolute Gasteiger partial charge is 0.345 e. The molecule has 0 saturated heterocycles. The monoisotopic (exact) mass is 237 g/mol. The minimum atomic E-state index is -0.467. The molecule has 2 aromatic heterocycles. The van der Waals surface area contributed by atoms with Crippen LogP contribution < -0.4 is 5.32 Å². The van der Waals surface area contributed by atoms with Crippen molar-refractivity contribution in [1.29, 1.82) is 0 Å². The van der Waals surface area contributed by atoms with E-state index in [2.05, 4.69) is 20.5 Å². The van der Waals surface area contributed by atoms with Crippen LogP contribution >= 0.6 is 11.3 Å². The Morgan fingerprint density at radius 2 is 2.44 bits per heavy atom. The summed E-state index contributed by atoms with van der Waals surface area (Å²) in [6.07, 6.45) is 2.81. The van der Waals surface area contributed by atoms with Gasteiger partial charge in [-0.1, -0.05) is 0 Å². The van der Waals surface area contributed by atoms with E-state index in [0.29, 0.717) is 11.7 Å². The first-order valence-electron chi connectivity index (χ1n) is 4.36. The lowest BCUT2D eigenvalue weighted by molar-refractivity contribution is -0.380. The Kier molecular flexibility index (Phi) is 3.01. The molecule has 0 aromatic carbocycles. The maximum Gasteiger partial charge on any atom is 0.345 e. The lowest BCUT2D eigenvalue weighted by Gasteiger charge is -1.99. The number of anilines is 1. The Labute approximate surface area is 94.3 Å². The van der Waals surface area contributed by atoms with Gasteiger partial charge < -0.3 is 5.32 Å². The summed E-state index contributed by atoms with van der Waals surface area (Å²) in [4.78, 5) is 13.8. The van der Waals surface area contributed by atoms with E-state index >= 15 is 0 Å². The third-order valence-corrected chi connectivity index (χ3v) is 2.63. The van der Waals surface area contributed by atoms with Crippen molar-refractivity contribution in [2.45, 2.75) is 6.54 Å². The Balaban J connectivity index is 1.97. The van der Waals surface area contributed by atoms with Gasteiger partial charge in [-0.15, -0.1) is 0 Å². The number of thiazole rings is 1. The zero-order valence-electron chi connectivity index (χ0n) is 8.03. The fourth-order valence-electron chi connectivity index (χ4n) is 1.03. The third kappa shape index (κ3) is 2.48. The molecule has 0 bridgehead atoms. The van der Waals surface area contributed by atoms with Crippen molar-refractivity contribution in [3.8, 4) is 0 Å². The molecule has 0 amide bonds. The molecule has 2 rings (SSSR count). The van der Waals surface area contributed by atoms with E-state index in [9.17, 15) is 10.1 Å². The highest BCUT2D eigenvalue weighted by atomic mass is 32.1. The first kappa shape index (κ1) is 10.4. The Bertz CT molecular complexity index is 486. The highest BCUT2D eigenvalue weighted by Crippen LogP contribution is 2.24. The van der Waals surface area contributed by atoms with Crippen molar-refractivity contribution in [3.05, 3.63) is 40.3 Å². The zero-order valence-corrected chi connectivity index (χ0v) is 8.85. The minimum absolute atomic E-state index is 0.0154. The maximum atomic E-state index is 10.4.